The molecule has 0 aliphatic heterocycles. The summed E-state index contributed by atoms with van der Waals surface area (Å²) in [5.74, 6) is 0.666. The van der Waals surface area contributed by atoms with E-state index in [1.807, 2.05) is 63.4 Å². The highest BCUT2D eigenvalue weighted by Gasteiger charge is 2.40. The molecule has 2 aliphatic rings. The topological polar surface area (TPSA) is 115 Å². The van der Waals surface area contributed by atoms with Crippen LogP contribution in [0.1, 0.15) is 37.1 Å². The van der Waals surface area contributed by atoms with Crippen LogP contribution in [0.4, 0.5) is 5.95 Å². The lowest BCUT2D eigenvalue weighted by atomic mass is 9.70. The Bertz CT molecular complexity index is 1700. The van der Waals surface area contributed by atoms with Gasteiger partial charge in [-0.2, -0.15) is 0 Å². The average Bonchev–Trinajstić information content (AvgIpc) is 3.31. The molecule has 0 bridgehead atoms. The molecule has 1 fully saturated rings. The van der Waals surface area contributed by atoms with Crippen LogP contribution in [0.5, 0.6) is 0 Å². The van der Waals surface area contributed by atoms with Gasteiger partial charge in [0.05, 0.1) is 24.4 Å². The standard InChI is InChI=1S/C32H37N7O2/c1-21-17-26(18-22(2)34-21)27-28(24-10-5-4-6-11-24)35-30(33)39-29(27)36-38(31(39)41)16-15-37(3)32(20-40)14-13-23-9-7-8-12-25(23)19-32/h4-8,10-12,17-18,23,40H,9,13-16,19-20H2,1-3H3,(H2,33,35). The molecule has 3 aromatic heterocycles. The summed E-state index contributed by atoms with van der Waals surface area (Å²) in [5, 5.41) is 15.4. The number of aliphatic hydroxyl groups is 1. The van der Waals surface area contributed by atoms with E-state index in [0.29, 0.717) is 30.3 Å². The van der Waals surface area contributed by atoms with E-state index in [9.17, 15) is 9.90 Å². The van der Waals surface area contributed by atoms with Gasteiger partial charge < -0.3 is 10.8 Å². The average molecular weight is 552 g/mol. The number of aryl methyl sites for hydroxylation is 2. The van der Waals surface area contributed by atoms with Gasteiger partial charge in [-0.3, -0.25) is 9.88 Å². The second kappa shape index (κ2) is 10.7. The molecule has 212 valence electrons. The maximum absolute atomic E-state index is 13.7. The Morgan fingerprint density at radius 3 is 2.61 bits per heavy atom. The fourth-order valence-corrected chi connectivity index (χ4v) is 6.50. The molecule has 1 aromatic carbocycles. The fraction of sp³-hybridized carbons (Fsp3) is 0.375. The Labute approximate surface area is 239 Å². The van der Waals surface area contributed by atoms with E-state index in [0.717, 1.165) is 53.8 Å². The number of rotatable bonds is 7. The van der Waals surface area contributed by atoms with E-state index in [-0.39, 0.29) is 23.8 Å². The Morgan fingerprint density at radius 2 is 1.88 bits per heavy atom. The Hall–Kier alpha value is -4.08. The number of aliphatic hydroxyl groups excluding tert-OH is 1. The second-order valence-electron chi connectivity index (χ2n) is 11.5. The van der Waals surface area contributed by atoms with Gasteiger partial charge in [0.15, 0.2) is 5.65 Å². The highest BCUT2D eigenvalue weighted by Crippen LogP contribution is 2.42. The summed E-state index contributed by atoms with van der Waals surface area (Å²) in [4.78, 5) is 25.2. The molecule has 0 radical (unpaired) electrons. The maximum atomic E-state index is 13.7. The minimum absolute atomic E-state index is 0.0690. The van der Waals surface area contributed by atoms with E-state index in [1.165, 1.54) is 14.7 Å². The number of nitrogen functional groups attached to an aromatic ring is 1. The van der Waals surface area contributed by atoms with Gasteiger partial charge >= 0.3 is 5.69 Å². The van der Waals surface area contributed by atoms with Crippen LogP contribution in [0.2, 0.25) is 0 Å². The summed E-state index contributed by atoms with van der Waals surface area (Å²) in [6.07, 6.45) is 10.4. The van der Waals surface area contributed by atoms with Crippen molar-refractivity contribution < 1.29 is 5.11 Å². The Kier molecular flexibility index (Phi) is 7.09. The third-order valence-corrected chi connectivity index (χ3v) is 8.81. The Balaban J connectivity index is 1.40. The van der Waals surface area contributed by atoms with Gasteiger partial charge in [0.25, 0.3) is 0 Å². The first-order valence-corrected chi connectivity index (χ1v) is 14.3. The lowest BCUT2D eigenvalue weighted by molar-refractivity contribution is 0.0212. The quantitative estimate of drug-likeness (QED) is 0.354. The molecule has 2 unspecified atom stereocenters. The van der Waals surface area contributed by atoms with E-state index in [1.54, 1.807) is 0 Å². The number of hydrogen-bond donors (Lipinski definition) is 2. The molecule has 2 atom stereocenters. The second-order valence-corrected chi connectivity index (χ2v) is 11.5. The van der Waals surface area contributed by atoms with E-state index in [2.05, 4.69) is 28.1 Å². The first-order chi connectivity index (χ1) is 19.8. The molecule has 0 amide bonds. The van der Waals surface area contributed by atoms with Crippen LogP contribution < -0.4 is 11.4 Å². The number of allylic oxidation sites excluding steroid dienone is 3. The van der Waals surface area contributed by atoms with E-state index in [4.69, 9.17) is 15.8 Å². The van der Waals surface area contributed by atoms with Gasteiger partial charge in [0.2, 0.25) is 5.95 Å². The molecule has 2 aliphatic carbocycles. The maximum Gasteiger partial charge on any atom is 0.353 e. The molecular weight excluding hydrogens is 514 g/mol. The third kappa shape index (κ3) is 4.89. The predicted octanol–water partition coefficient (Wildman–Crippen LogP) is 4.17. The van der Waals surface area contributed by atoms with Crippen molar-refractivity contribution in [3.63, 3.8) is 0 Å². The van der Waals surface area contributed by atoms with E-state index < -0.39 is 0 Å². The van der Waals surface area contributed by atoms with Crippen LogP contribution in [0.25, 0.3) is 28.0 Å². The van der Waals surface area contributed by atoms with E-state index >= 15 is 0 Å². The lowest BCUT2D eigenvalue weighted by Crippen LogP contribution is -2.53. The van der Waals surface area contributed by atoms with Gasteiger partial charge in [-0.05, 0) is 70.2 Å². The van der Waals surface area contributed by atoms with Crippen molar-refractivity contribution in [2.45, 2.75) is 51.6 Å². The molecule has 41 heavy (non-hydrogen) atoms. The van der Waals surface area contributed by atoms with Crippen LogP contribution in [-0.2, 0) is 6.54 Å². The first kappa shape index (κ1) is 27.1. The zero-order chi connectivity index (χ0) is 28.7. The summed E-state index contributed by atoms with van der Waals surface area (Å²) < 4.78 is 2.88. The zero-order valence-corrected chi connectivity index (χ0v) is 23.9. The minimum Gasteiger partial charge on any atom is -0.394 e. The van der Waals surface area contributed by atoms with Gasteiger partial charge in [-0.1, -0.05) is 54.1 Å². The van der Waals surface area contributed by atoms with Gasteiger partial charge in [-0.15, -0.1) is 5.10 Å². The number of nitrogens with zero attached hydrogens (tertiary/aromatic N) is 6. The van der Waals surface area contributed by atoms with Crippen LogP contribution in [0.15, 0.2) is 71.1 Å². The molecule has 0 spiro atoms. The van der Waals surface area contributed by atoms with Crippen molar-refractivity contribution in [1.29, 1.82) is 0 Å². The van der Waals surface area contributed by atoms with Crippen molar-refractivity contribution in [2.24, 2.45) is 5.92 Å². The SMILES string of the molecule is Cc1cc(-c2c(-c3ccccc3)nc(N)n3c(=O)n(CCN(C)C4(CO)CCC5CC=CC=C5C4)nc23)cc(C)n1. The zero-order valence-electron chi connectivity index (χ0n) is 23.9. The summed E-state index contributed by atoms with van der Waals surface area (Å²) in [6, 6.07) is 13.8. The molecule has 0 saturated heterocycles. The number of benzene rings is 1. The monoisotopic (exact) mass is 551 g/mol. The highest BCUT2D eigenvalue weighted by molar-refractivity contribution is 5.90. The Morgan fingerprint density at radius 1 is 1.12 bits per heavy atom. The molecular formula is C32H37N7O2. The van der Waals surface area contributed by atoms with Crippen molar-refractivity contribution in [2.75, 3.05) is 25.9 Å². The van der Waals surface area contributed by atoms with Crippen LogP contribution >= 0.6 is 0 Å². The largest absolute Gasteiger partial charge is 0.394 e. The fourth-order valence-electron chi connectivity index (χ4n) is 6.50. The first-order valence-electron chi connectivity index (χ1n) is 14.3. The van der Waals surface area contributed by atoms with Gasteiger partial charge in [-0.25, -0.2) is 18.9 Å². The van der Waals surface area contributed by atoms with Gasteiger partial charge in [0, 0.05) is 29.0 Å². The molecule has 4 aromatic rings. The molecule has 6 rings (SSSR count). The highest BCUT2D eigenvalue weighted by atomic mass is 16.3. The molecule has 3 N–H and O–H groups in total. The molecule has 1 saturated carbocycles. The number of hydrogen-bond acceptors (Lipinski definition) is 7. The predicted molar refractivity (Wildman–Crippen MR) is 161 cm³/mol. The van der Waals surface area contributed by atoms with Gasteiger partial charge in [0.1, 0.15) is 0 Å². The number of likely N-dealkylation sites (N-methyl/N-ethyl adjacent to an activating group) is 1. The minimum atomic E-state index is -0.353. The smallest absolute Gasteiger partial charge is 0.353 e. The number of anilines is 1. The number of fused-ring (bicyclic) bond motifs is 2. The summed E-state index contributed by atoms with van der Waals surface area (Å²) >= 11 is 0. The normalized spacial score (nSPS) is 20.4. The van der Waals surface area contributed by atoms with Crippen molar-refractivity contribution in [1.82, 2.24) is 29.0 Å². The third-order valence-electron chi connectivity index (χ3n) is 8.81. The van der Waals surface area contributed by atoms with Crippen molar-refractivity contribution in [3.8, 4) is 22.4 Å². The number of pyridine rings is 1. The van der Waals surface area contributed by atoms with Crippen LogP contribution in [-0.4, -0.2) is 59.9 Å². The molecule has 9 nitrogen and oxygen atoms in total. The number of aromatic nitrogens is 5. The summed E-state index contributed by atoms with van der Waals surface area (Å²) in [7, 11) is 2.04. The summed E-state index contributed by atoms with van der Waals surface area (Å²) in [5.41, 5.74) is 12.5. The summed E-state index contributed by atoms with van der Waals surface area (Å²) in [6.45, 7) is 4.88. The van der Waals surface area contributed by atoms with Crippen LogP contribution in [0.3, 0.4) is 0 Å². The van der Waals surface area contributed by atoms with Crippen molar-refractivity contribution >= 4 is 11.6 Å². The molecule has 9 heteroatoms. The lowest BCUT2D eigenvalue weighted by Gasteiger charge is -2.47. The number of nitrogens with two attached hydrogens (primary N) is 1. The van der Waals surface area contributed by atoms with Crippen molar-refractivity contribution in [3.05, 3.63) is 88.1 Å². The van der Waals surface area contributed by atoms with Crippen LogP contribution in [0, 0.1) is 19.8 Å². The molecule has 3 heterocycles.